The fraction of sp³-hybridized carbons (Fsp3) is 0.364. The first-order valence-corrected chi connectivity index (χ1v) is 5.48. The van der Waals surface area contributed by atoms with Crippen LogP contribution < -0.4 is 0 Å². The van der Waals surface area contributed by atoms with Crippen LogP contribution in [0.1, 0.15) is 13.8 Å². The predicted octanol–water partition coefficient (Wildman–Crippen LogP) is 3.03. The van der Waals surface area contributed by atoms with E-state index < -0.39 is 11.0 Å². The van der Waals surface area contributed by atoms with Crippen molar-refractivity contribution in [1.82, 2.24) is 0 Å². The Hall–Kier alpha value is -1.03. The van der Waals surface area contributed by atoms with Gasteiger partial charge in [-0.1, -0.05) is 30.0 Å². The first-order chi connectivity index (χ1) is 7.06. The second-order valence-corrected chi connectivity index (χ2v) is 4.49. The molecule has 1 atom stereocenters. The van der Waals surface area contributed by atoms with Crippen molar-refractivity contribution >= 4 is 17.7 Å². The molecule has 1 rings (SSSR count). The quantitative estimate of drug-likeness (QED) is 0.585. The van der Waals surface area contributed by atoms with Crippen molar-refractivity contribution in [2.75, 3.05) is 6.61 Å². The molecule has 0 spiro atoms. The first-order valence-electron chi connectivity index (χ1n) is 4.66. The lowest BCUT2D eigenvalue weighted by atomic mass is 10.4. The molecule has 0 aromatic heterocycles. The van der Waals surface area contributed by atoms with Crippen LogP contribution in [-0.2, 0) is 9.53 Å². The SMILES string of the molecule is CCOC(=O)C(C)(F)Sc1ccccc1. The van der Waals surface area contributed by atoms with Crippen molar-refractivity contribution in [3.63, 3.8) is 0 Å². The summed E-state index contributed by atoms with van der Waals surface area (Å²) in [5.41, 5.74) is 0. The number of thioether (sulfide) groups is 1. The minimum absolute atomic E-state index is 0.188. The average molecular weight is 228 g/mol. The number of rotatable bonds is 4. The Morgan fingerprint density at radius 3 is 2.60 bits per heavy atom. The van der Waals surface area contributed by atoms with Crippen molar-refractivity contribution in [2.24, 2.45) is 0 Å². The predicted molar refractivity (Wildman–Crippen MR) is 58.4 cm³/mol. The minimum Gasteiger partial charge on any atom is -0.463 e. The number of esters is 1. The zero-order chi connectivity index (χ0) is 11.3. The van der Waals surface area contributed by atoms with E-state index in [1.807, 2.05) is 6.07 Å². The number of ether oxygens (including phenoxy) is 1. The van der Waals surface area contributed by atoms with Gasteiger partial charge in [0, 0.05) is 4.90 Å². The molecule has 0 saturated carbocycles. The van der Waals surface area contributed by atoms with Crippen LogP contribution in [0.4, 0.5) is 4.39 Å². The fourth-order valence-electron chi connectivity index (χ4n) is 1.01. The molecular formula is C11H13FO2S. The summed E-state index contributed by atoms with van der Waals surface area (Å²) in [6.07, 6.45) is 0. The van der Waals surface area contributed by atoms with E-state index in [-0.39, 0.29) is 6.61 Å². The van der Waals surface area contributed by atoms with Gasteiger partial charge in [-0.25, -0.2) is 9.18 Å². The van der Waals surface area contributed by atoms with Crippen LogP contribution >= 0.6 is 11.8 Å². The Bertz CT molecular complexity index is 325. The van der Waals surface area contributed by atoms with Gasteiger partial charge in [0.2, 0.25) is 0 Å². The molecule has 1 aromatic carbocycles. The van der Waals surface area contributed by atoms with Crippen LogP contribution in [0.5, 0.6) is 0 Å². The third kappa shape index (κ3) is 3.55. The topological polar surface area (TPSA) is 26.3 Å². The number of alkyl halides is 1. The van der Waals surface area contributed by atoms with Gasteiger partial charge in [0.15, 0.2) is 0 Å². The van der Waals surface area contributed by atoms with Gasteiger partial charge < -0.3 is 4.74 Å². The highest BCUT2D eigenvalue weighted by molar-refractivity contribution is 8.01. The zero-order valence-corrected chi connectivity index (χ0v) is 9.51. The zero-order valence-electron chi connectivity index (χ0n) is 8.70. The van der Waals surface area contributed by atoms with Crippen molar-refractivity contribution in [1.29, 1.82) is 0 Å². The van der Waals surface area contributed by atoms with Gasteiger partial charge >= 0.3 is 5.97 Å². The fourth-order valence-corrected chi connectivity index (χ4v) is 1.89. The summed E-state index contributed by atoms with van der Waals surface area (Å²) in [6, 6.07) is 8.93. The van der Waals surface area contributed by atoms with Crippen LogP contribution in [-0.4, -0.2) is 17.6 Å². The number of hydrogen-bond acceptors (Lipinski definition) is 3. The summed E-state index contributed by atoms with van der Waals surface area (Å²) in [4.78, 5) is 12.0. The van der Waals surface area contributed by atoms with Crippen molar-refractivity contribution in [3.05, 3.63) is 30.3 Å². The highest BCUT2D eigenvalue weighted by Gasteiger charge is 2.35. The summed E-state index contributed by atoms with van der Waals surface area (Å²) in [6.45, 7) is 3.05. The lowest BCUT2D eigenvalue weighted by Gasteiger charge is -2.17. The molecule has 15 heavy (non-hydrogen) atoms. The van der Waals surface area contributed by atoms with E-state index in [2.05, 4.69) is 4.74 Å². The molecular weight excluding hydrogens is 215 g/mol. The molecule has 0 amide bonds. The highest BCUT2D eigenvalue weighted by Crippen LogP contribution is 2.34. The lowest BCUT2D eigenvalue weighted by Crippen LogP contribution is -2.28. The van der Waals surface area contributed by atoms with Crippen molar-refractivity contribution in [3.8, 4) is 0 Å². The maximum atomic E-state index is 13.8. The molecule has 0 N–H and O–H groups in total. The molecule has 0 radical (unpaired) electrons. The number of benzene rings is 1. The summed E-state index contributed by atoms with van der Waals surface area (Å²) in [5, 5.41) is -2.03. The Kier molecular flexibility index (Phi) is 4.15. The van der Waals surface area contributed by atoms with Gasteiger partial charge in [-0.05, 0) is 26.0 Å². The molecule has 0 aliphatic carbocycles. The van der Waals surface area contributed by atoms with Gasteiger partial charge in [0.1, 0.15) is 0 Å². The number of halogens is 1. The molecule has 0 saturated heterocycles. The standard InChI is InChI=1S/C11H13FO2S/c1-3-14-10(13)11(2,12)15-9-7-5-4-6-8-9/h4-8H,3H2,1-2H3. The molecule has 0 bridgehead atoms. The summed E-state index contributed by atoms with van der Waals surface area (Å²) >= 11 is 0.853. The maximum absolute atomic E-state index is 13.8. The van der Waals surface area contributed by atoms with Crippen LogP contribution in [0.2, 0.25) is 0 Å². The van der Waals surface area contributed by atoms with E-state index in [9.17, 15) is 9.18 Å². The molecule has 0 heterocycles. The third-order valence-corrected chi connectivity index (χ3v) is 2.75. The molecule has 4 heteroatoms. The molecule has 2 nitrogen and oxygen atoms in total. The van der Waals surface area contributed by atoms with E-state index in [0.29, 0.717) is 4.90 Å². The Labute approximate surface area is 92.8 Å². The van der Waals surface area contributed by atoms with Crippen molar-refractivity contribution in [2.45, 2.75) is 23.7 Å². The minimum atomic E-state index is -2.03. The number of carbonyl (C=O) groups is 1. The van der Waals surface area contributed by atoms with E-state index in [0.717, 1.165) is 11.8 Å². The second kappa shape index (κ2) is 5.16. The molecule has 0 aliphatic rings. The molecule has 82 valence electrons. The van der Waals surface area contributed by atoms with Gasteiger partial charge in [-0.15, -0.1) is 0 Å². The monoisotopic (exact) mass is 228 g/mol. The largest absolute Gasteiger partial charge is 0.463 e. The molecule has 0 aliphatic heterocycles. The van der Waals surface area contributed by atoms with Crippen LogP contribution in [0.15, 0.2) is 35.2 Å². The Morgan fingerprint density at radius 1 is 1.47 bits per heavy atom. The molecule has 1 aromatic rings. The van der Waals surface area contributed by atoms with Gasteiger partial charge in [0.05, 0.1) is 6.61 Å². The summed E-state index contributed by atoms with van der Waals surface area (Å²) in [7, 11) is 0. The van der Waals surface area contributed by atoms with E-state index in [1.165, 1.54) is 6.92 Å². The van der Waals surface area contributed by atoms with E-state index in [1.54, 1.807) is 31.2 Å². The summed E-state index contributed by atoms with van der Waals surface area (Å²) in [5.74, 6) is -0.834. The van der Waals surface area contributed by atoms with Crippen LogP contribution in [0.3, 0.4) is 0 Å². The van der Waals surface area contributed by atoms with Gasteiger partial charge in [0.25, 0.3) is 5.00 Å². The number of hydrogen-bond donors (Lipinski definition) is 0. The van der Waals surface area contributed by atoms with Gasteiger partial charge in [-0.2, -0.15) is 0 Å². The Morgan fingerprint density at radius 2 is 2.07 bits per heavy atom. The van der Waals surface area contributed by atoms with Gasteiger partial charge in [-0.3, -0.25) is 0 Å². The lowest BCUT2D eigenvalue weighted by molar-refractivity contribution is -0.150. The maximum Gasteiger partial charge on any atom is 0.354 e. The average Bonchev–Trinajstić information content (AvgIpc) is 2.19. The summed E-state index contributed by atoms with van der Waals surface area (Å²) < 4.78 is 18.5. The van der Waals surface area contributed by atoms with Crippen LogP contribution in [0.25, 0.3) is 0 Å². The smallest absolute Gasteiger partial charge is 0.354 e. The first kappa shape index (κ1) is 12.0. The molecule has 0 fully saturated rings. The molecule has 1 unspecified atom stereocenters. The Balaban J connectivity index is 2.68. The third-order valence-electron chi connectivity index (χ3n) is 1.69. The van der Waals surface area contributed by atoms with E-state index in [4.69, 9.17) is 0 Å². The van der Waals surface area contributed by atoms with Crippen molar-refractivity contribution < 1.29 is 13.9 Å². The highest BCUT2D eigenvalue weighted by atomic mass is 32.2. The van der Waals surface area contributed by atoms with Crippen LogP contribution in [0, 0.1) is 0 Å². The normalized spacial score (nSPS) is 14.3. The van der Waals surface area contributed by atoms with E-state index >= 15 is 0 Å². The number of carbonyl (C=O) groups excluding carboxylic acids is 1. The second-order valence-electron chi connectivity index (χ2n) is 3.05.